The number of aromatic nitrogens is 1. The Morgan fingerprint density at radius 2 is 1.83 bits per heavy atom. The Balaban J connectivity index is 2.32. The van der Waals surface area contributed by atoms with Crippen molar-refractivity contribution in [2.45, 2.75) is 20.3 Å². The van der Waals surface area contributed by atoms with Gasteiger partial charge in [-0.2, -0.15) is 0 Å². The number of hydrogen-bond donors (Lipinski definition) is 1. The number of anilines is 2. The lowest BCUT2D eigenvalue weighted by Crippen LogP contribution is -2.39. The first-order chi connectivity index (χ1) is 8.51. The average Bonchev–Trinajstić information content (AvgIpc) is 2.27. The summed E-state index contributed by atoms with van der Waals surface area (Å²) < 4.78 is 0. The zero-order chi connectivity index (χ0) is 13.3. The van der Waals surface area contributed by atoms with Crippen LogP contribution in [0.4, 0.5) is 11.6 Å². The van der Waals surface area contributed by atoms with E-state index in [0.29, 0.717) is 27.7 Å². The number of pyridine rings is 1. The standard InChI is InChI=1S/C13H19Cl2N3/c1-8-4-9(2)7-18(6-8)13-11(15)5-10(14)12(16-3)17-13/h5,8-9H,4,6-7H2,1-3H3,(H,16,17). The summed E-state index contributed by atoms with van der Waals surface area (Å²) in [6, 6.07) is 1.77. The van der Waals surface area contributed by atoms with Gasteiger partial charge in [0, 0.05) is 20.1 Å². The number of rotatable bonds is 2. The van der Waals surface area contributed by atoms with Crippen molar-refractivity contribution in [3.05, 3.63) is 16.1 Å². The van der Waals surface area contributed by atoms with Gasteiger partial charge >= 0.3 is 0 Å². The molecule has 1 fully saturated rings. The number of nitrogens with one attached hydrogen (secondary N) is 1. The first-order valence-electron chi connectivity index (χ1n) is 6.30. The Morgan fingerprint density at radius 1 is 1.22 bits per heavy atom. The molecule has 3 nitrogen and oxygen atoms in total. The highest BCUT2D eigenvalue weighted by Gasteiger charge is 2.25. The molecule has 0 spiro atoms. The van der Waals surface area contributed by atoms with Crippen LogP contribution in [0, 0.1) is 11.8 Å². The Morgan fingerprint density at radius 3 is 2.39 bits per heavy atom. The lowest BCUT2D eigenvalue weighted by molar-refractivity contribution is 0.355. The van der Waals surface area contributed by atoms with E-state index in [9.17, 15) is 0 Å². The van der Waals surface area contributed by atoms with Gasteiger partial charge in [0.1, 0.15) is 11.6 Å². The van der Waals surface area contributed by atoms with Crippen LogP contribution >= 0.6 is 23.2 Å². The van der Waals surface area contributed by atoms with Gasteiger partial charge in [0.15, 0.2) is 0 Å². The monoisotopic (exact) mass is 287 g/mol. The van der Waals surface area contributed by atoms with Gasteiger partial charge in [0.25, 0.3) is 0 Å². The number of hydrogen-bond acceptors (Lipinski definition) is 3. The molecule has 1 N–H and O–H groups in total. The van der Waals surface area contributed by atoms with Gasteiger partial charge in [-0.25, -0.2) is 4.98 Å². The van der Waals surface area contributed by atoms with E-state index in [4.69, 9.17) is 23.2 Å². The fourth-order valence-corrected chi connectivity index (χ4v) is 3.26. The van der Waals surface area contributed by atoms with Gasteiger partial charge in [0.2, 0.25) is 0 Å². The third-order valence-electron chi connectivity index (χ3n) is 3.32. The third kappa shape index (κ3) is 2.83. The molecule has 2 rings (SSSR count). The van der Waals surface area contributed by atoms with Crippen LogP contribution in [0.25, 0.3) is 0 Å². The van der Waals surface area contributed by atoms with Gasteiger partial charge in [-0.1, -0.05) is 37.0 Å². The van der Waals surface area contributed by atoms with E-state index in [1.165, 1.54) is 6.42 Å². The summed E-state index contributed by atoms with van der Waals surface area (Å²) in [5, 5.41) is 4.18. The molecule has 1 aliphatic rings. The minimum absolute atomic E-state index is 0.560. The molecule has 0 bridgehead atoms. The summed E-state index contributed by atoms with van der Waals surface area (Å²) in [6.07, 6.45) is 1.26. The Labute approximate surface area is 118 Å². The molecule has 18 heavy (non-hydrogen) atoms. The zero-order valence-electron chi connectivity index (χ0n) is 11.0. The highest BCUT2D eigenvalue weighted by atomic mass is 35.5. The van der Waals surface area contributed by atoms with Crippen molar-refractivity contribution in [3.8, 4) is 0 Å². The fraction of sp³-hybridized carbons (Fsp3) is 0.615. The van der Waals surface area contributed by atoms with E-state index in [1.54, 1.807) is 6.07 Å². The maximum atomic E-state index is 6.27. The van der Waals surface area contributed by atoms with Crippen LogP contribution < -0.4 is 10.2 Å². The molecular formula is C13H19Cl2N3. The van der Waals surface area contributed by atoms with Gasteiger partial charge in [-0.15, -0.1) is 0 Å². The second-order valence-electron chi connectivity index (χ2n) is 5.23. The zero-order valence-corrected chi connectivity index (χ0v) is 12.5. The minimum atomic E-state index is 0.560. The van der Waals surface area contributed by atoms with Gasteiger partial charge in [-0.05, 0) is 24.3 Å². The Bertz CT molecular complexity index is 426. The van der Waals surface area contributed by atoms with Crippen molar-refractivity contribution in [2.24, 2.45) is 11.8 Å². The SMILES string of the molecule is CNc1nc(N2CC(C)CC(C)C2)c(Cl)cc1Cl. The van der Waals surface area contributed by atoms with Gasteiger partial charge in [0.05, 0.1) is 10.0 Å². The first-order valence-corrected chi connectivity index (χ1v) is 7.05. The summed E-state index contributed by atoms with van der Waals surface area (Å²) in [7, 11) is 1.81. The molecule has 1 aromatic heterocycles. The molecule has 1 aliphatic heterocycles. The van der Waals surface area contributed by atoms with Crippen molar-refractivity contribution >= 4 is 34.8 Å². The lowest BCUT2D eigenvalue weighted by atomic mass is 9.92. The van der Waals surface area contributed by atoms with Crippen LogP contribution in [0.5, 0.6) is 0 Å². The van der Waals surface area contributed by atoms with E-state index in [0.717, 1.165) is 18.9 Å². The van der Waals surface area contributed by atoms with E-state index in [1.807, 2.05) is 7.05 Å². The van der Waals surface area contributed by atoms with Crippen molar-refractivity contribution < 1.29 is 0 Å². The normalized spacial score (nSPS) is 24.2. The summed E-state index contributed by atoms with van der Waals surface area (Å²) >= 11 is 12.3. The van der Waals surface area contributed by atoms with Gasteiger partial charge < -0.3 is 10.2 Å². The average molecular weight is 288 g/mol. The molecule has 1 aromatic rings. The molecule has 0 radical (unpaired) electrons. The maximum absolute atomic E-state index is 6.27. The van der Waals surface area contributed by atoms with Crippen LogP contribution in [0.15, 0.2) is 6.07 Å². The Hall–Kier alpha value is -0.670. The third-order valence-corrected chi connectivity index (χ3v) is 3.88. The summed E-state index contributed by atoms with van der Waals surface area (Å²) in [5.74, 6) is 2.85. The van der Waals surface area contributed by atoms with Gasteiger partial charge in [-0.3, -0.25) is 0 Å². The predicted octanol–water partition coefficient (Wildman–Crippen LogP) is 3.91. The molecule has 0 aromatic carbocycles. The first kappa shape index (κ1) is 13.8. The van der Waals surface area contributed by atoms with Crippen LogP contribution in [-0.4, -0.2) is 25.1 Å². The quantitative estimate of drug-likeness (QED) is 0.894. The molecule has 0 amide bonds. The van der Waals surface area contributed by atoms with Crippen LogP contribution in [0.3, 0.4) is 0 Å². The van der Waals surface area contributed by atoms with Crippen molar-refractivity contribution in [3.63, 3.8) is 0 Å². The summed E-state index contributed by atoms with van der Waals surface area (Å²) in [5.41, 5.74) is 0. The number of piperidine rings is 1. The predicted molar refractivity (Wildman–Crippen MR) is 79.0 cm³/mol. The Kier molecular flexibility index (Phi) is 4.23. The molecule has 1 saturated heterocycles. The second kappa shape index (κ2) is 5.54. The van der Waals surface area contributed by atoms with Crippen LogP contribution in [0.2, 0.25) is 10.0 Å². The number of halogens is 2. The molecular weight excluding hydrogens is 269 g/mol. The smallest absolute Gasteiger partial charge is 0.149 e. The van der Waals surface area contributed by atoms with Crippen LogP contribution in [-0.2, 0) is 0 Å². The molecule has 2 heterocycles. The molecule has 100 valence electrons. The summed E-state index contributed by atoms with van der Waals surface area (Å²) in [6.45, 7) is 6.54. The lowest BCUT2D eigenvalue weighted by Gasteiger charge is -2.36. The molecule has 0 saturated carbocycles. The van der Waals surface area contributed by atoms with E-state index < -0.39 is 0 Å². The van der Waals surface area contributed by atoms with E-state index >= 15 is 0 Å². The highest BCUT2D eigenvalue weighted by Crippen LogP contribution is 2.34. The second-order valence-corrected chi connectivity index (χ2v) is 6.04. The van der Waals surface area contributed by atoms with Crippen LogP contribution in [0.1, 0.15) is 20.3 Å². The minimum Gasteiger partial charge on any atom is -0.372 e. The van der Waals surface area contributed by atoms with E-state index in [-0.39, 0.29) is 0 Å². The maximum Gasteiger partial charge on any atom is 0.149 e. The van der Waals surface area contributed by atoms with E-state index in [2.05, 4.69) is 29.0 Å². The molecule has 5 heteroatoms. The highest BCUT2D eigenvalue weighted by molar-refractivity contribution is 6.37. The number of nitrogens with zero attached hydrogens (tertiary/aromatic N) is 2. The van der Waals surface area contributed by atoms with Crippen molar-refractivity contribution in [2.75, 3.05) is 30.4 Å². The topological polar surface area (TPSA) is 28.2 Å². The molecule has 2 unspecified atom stereocenters. The van der Waals surface area contributed by atoms with Crippen molar-refractivity contribution in [1.29, 1.82) is 0 Å². The largest absolute Gasteiger partial charge is 0.372 e. The molecule has 2 atom stereocenters. The fourth-order valence-electron chi connectivity index (χ4n) is 2.69. The van der Waals surface area contributed by atoms with Crippen molar-refractivity contribution in [1.82, 2.24) is 4.98 Å². The molecule has 0 aliphatic carbocycles. The summed E-state index contributed by atoms with van der Waals surface area (Å²) in [4.78, 5) is 6.80.